The van der Waals surface area contributed by atoms with Crippen LogP contribution in [0, 0.1) is 0 Å². The summed E-state index contributed by atoms with van der Waals surface area (Å²) in [7, 11) is 0. The average molecular weight is 644 g/mol. The van der Waals surface area contributed by atoms with Gasteiger partial charge in [-0.05, 0) is 82.3 Å². The molecule has 0 spiro atoms. The fourth-order valence-electron chi connectivity index (χ4n) is 7.27. The van der Waals surface area contributed by atoms with Crippen molar-refractivity contribution in [2.45, 2.75) is 0 Å². The van der Waals surface area contributed by atoms with Crippen molar-refractivity contribution in [3.8, 4) is 44.8 Å². The summed E-state index contributed by atoms with van der Waals surface area (Å²) in [6.45, 7) is 0. The lowest BCUT2D eigenvalue weighted by Gasteiger charge is -2.14. The molecule has 0 aliphatic rings. The molecule has 234 valence electrons. The van der Waals surface area contributed by atoms with Crippen molar-refractivity contribution in [3.63, 3.8) is 0 Å². The highest BCUT2D eigenvalue weighted by molar-refractivity contribution is 6.13. The maximum Gasteiger partial charge on any atom is 0.0645 e. The Morgan fingerprint density at radius 1 is 0.360 bits per heavy atom. The van der Waals surface area contributed by atoms with E-state index >= 15 is 0 Å². The van der Waals surface area contributed by atoms with Crippen LogP contribution in [0.4, 0.5) is 0 Å². The smallest absolute Gasteiger partial charge is 0.0645 e. The van der Waals surface area contributed by atoms with Crippen molar-refractivity contribution in [1.82, 2.24) is 9.13 Å². The second-order valence-corrected chi connectivity index (χ2v) is 12.4. The van der Waals surface area contributed by atoms with Gasteiger partial charge in [0.25, 0.3) is 0 Å². The van der Waals surface area contributed by atoms with Crippen LogP contribution in [0.5, 0.6) is 0 Å². The fourth-order valence-corrected chi connectivity index (χ4v) is 7.27. The highest BCUT2D eigenvalue weighted by atomic mass is 15.0. The van der Waals surface area contributed by atoms with Gasteiger partial charge in [0.05, 0.1) is 37.3 Å². The van der Waals surface area contributed by atoms with E-state index in [1.54, 1.807) is 16.7 Å². The first kappa shape index (κ1) is 22.1. The van der Waals surface area contributed by atoms with Crippen LogP contribution in [0.15, 0.2) is 194 Å². The van der Waals surface area contributed by atoms with Crippen molar-refractivity contribution in [2.24, 2.45) is 0 Å². The minimum atomic E-state index is -0.415. The van der Waals surface area contributed by atoms with Crippen LogP contribution in [0.2, 0.25) is 0 Å². The maximum atomic E-state index is 9.75. The number of nitrogens with zero attached hydrogens (tertiary/aromatic N) is 2. The van der Waals surface area contributed by atoms with Gasteiger partial charge in [0, 0.05) is 32.8 Å². The first-order chi connectivity index (χ1) is 27.7. The summed E-state index contributed by atoms with van der Waals surface area (Å²) in [4.78, 5) is 0. The Morgan fingerprint density at radius 3 is 1.84 bits per heavy atom. The van der Waals surface area contributed by atoms with E-state index in [0.29, 0.717) is 11.3 Å². The second kappa shape index (κ2) is 11.5. The highest BCUT2D eigenvalue weighted by Gasteiger charge is 2.18. The molecule has 10 aromatic rings. The molecule has 0 bridgehead atoms. The lowest BCUT2D eigenvalue weighted by molar-refractivity contribution is 1.18. The van der Waals surface area contributed by atoms with Crippen molar-refractivity contribution in [1.29, 1.82) is 0 Å². The molecule has 2 aromatic heterocycles. The van der Waals surface area contributed by atoms with Crippen molar-refractivity contribution >= 4 is 43.6 Å². The van der Waals surface area contributed by atoms with Gasteiger partial charge < -0.3 is 9.13 Å². The zero-order valence-electron chi connectivity index (χ0n) is 33.8. The van der Waals surface area contributed by atoms with E-state index in [9.17, 15) is 4.11 Å². The minimum Gasteiger partial charge on any atom is -0.309 e. The number of para-hydroxylation sites is 3. The summed E-state index contributed by atoms with van der Waals surface area (Å²) in [6.07, 6.45) is 0. The summed E-state index contributed by atoms with van der Waals surface area (Å²) in [6, 6.07) is 48.5. The van der Waals surface area contributed by atoms with Crippen molar-refractivity contribution in [2.75, 3.05) is 0 Å². The lowest BCUT2D eigenvalue weighted by atomic mass is 9.99. The molecule has 0 saturated carbocycles. The molecule has 2 heterocycles. The highest BCUT2D eigenvalue weighted by Crippen LogP contribution is 2.41. The third-order valence-corrected chi connectivity index (χ3v) is 9.56. The third-order valence-electron chi connectivity index (χ3n) is 9.56. The number of hydrogen-bond donors (Lipinski definition) is 0. The molecule has 50 heavy (non-hydrogen) atoms. The van der Waals surface area contributed by atoms with Gasteiger partial charge in [0.2, 0.25) is 0 Å². The average Bonchev–Trinajstić information content (AvgIpc) is 3.79. The third kappa shape index (κ3) is 4.50. The Morgan fingerprint density at radius 2 is 1.02 bits per heavy atom. The number of hydrogen-bond acceptors (Lipinski definition) is 0. The molecule has 0 aliphatic carbocycles. The number of aromatic nitrogens is 2. The molecule has 2 heteroatoms. The molecule has 0 unspecified atom stereocenters. The van der Waals surface area contributed by atoms with E-state index < -0.39 is 12.1 Å². The molecule has 8 aromatic carbocycles. The minimum absolute atomic E-state index is 0.0698. The van der Waals surface area contributed by atoms with Gasteiger partial charge in [-0.25, -0.2) is 0 Å². The predicted octanol–water partition coefficient (Wildman–Crippen LogP) is 12.9. The largest absolute Gasteiger partial charge is 0.309 e. The molecular formula is C48H32N2. The first-order valence-electron chi connectivity index (χ1n) is 20.1. The van der Waals surface area contributed by atoms with Gasteiger partial charge in [-0.2, -0.15) is 0 Å². The van der Waals surface area contributed by atoms with Crippen molar-refractivity contribution in [3.05, 3.63) is 194 Å². The molecule has 0 saturated heterocycles. The molecule has 0 N–H and O–H groups in total. The van der Waals surface area contributed by atoms with E-state index in [-0.39, 0.29) is 57.6 Å². The molecule has 0 aliphatic heterocycles. The van der Waals surface area contributed by atoms with Gasteiger partial charge in [-0.15, -0.1) is 0 Å². The van der Waals surface area contributed by atoms with E-state index in [2.05, 4.69) is 59.2 Å². The van der Waals surface area contributed by atoms with Crippen molar-refractivity contribution < 1.29 is 9.60 Å². The summed E-state index contributed by atoms with van der Waals surface area (Å²) in [5.74, 6) is 0. The number of benzene rings is 8. The van der Waals surface area contributed by atoms with Crippen LogP contribution in [0.1, 0.15) is 9.60 Å². The van der Waals surface area contributed by atoms with E-state index in [4.69, 9.17) is 5.48 Å². The van der Waals surface area contributed by atoms with E-state index in [1.165, 1.54) is 0 Å². The Hall–Kier alpha value is -6.64. The monoisotopic (exact) mass is 643 g/mol. The Bertz CT molecular complexity index is 3240. The Balaban J connectivity index is 1.29. The van der Waals surface area contributed by atoms with Crippen LogP contribution >= 0.6 is 0 Å². The summed E-state index contributed by atoms with van der Waals surface area (Å²) in [5, 5.41) is 2.25. The summed E-state index contributed by atoms with van der Waals surface area (Å²) in [5.41, 5.74) is 8.96. The second-order valence-electron chi connectivity index (χ2n) is 12.4. The SMILES string of the molecule is [2H]c1c([2H])c([2H])c2c(c1[2H])c1c([2H])c(-c3ccc4c(c3)c3ccc(-c5ccccc5)cc3n4-c3ccccc3-c3ccccc3)c([2H])c([2H])c1n2-c1ccccc1. The van der Waals surface area contributed by atoms with E-state index in [0.717, 1.165) is 49.7 Å². The normalized spacial score (nSPS) is 13.6. The molecule has 0 radical (unpaired) electrons. The zero-order valence-corrected chi connectivity index (χ0v) is 26.8. The van der Waals surface area contributed by atoms with Crippen LogP contribution in [-0.2, 0) is 0 Å². The molecule has 10 rings (SSSR count). The van der Waals surface area contributed by atoms with Gasteiger partial charge in [-0.3, -0.25) is 0 Å². The van der Waals surface area contributed by atoms with Crippen LogP contribution in [-0.4, -0.2) is 9.13 Å². The molecular weight excluding hydrogens is 605 g/mol. The van der Waals surface area contributed by atoms with E-state index in [1.807, 2.05) is 84.9 Å². The number of rotatable bonds is 5. The van der Waals surface area contributed by atoms with Crippen LogP contribution < -0.4 is 0 Å². The predicted molar refractivity (Wildman–Crippen MR) is 211 cm³/mol. The molecule has 0 fully saturated rings. The van der Waals surface area contributed by atoms with Gasteiger partial charge in [-0.1, -0.05) is 139 Å². The van der Waals surface area contributed by atoms with Gasteiger partial charge in [0.1, 0.15) is 0 Å². The van der Waals surface area contributed by atoms with Crippen LogP contribution in [0.3, 0.4) is 0 Å². The molecule has 0 atom stereocenters. The summed E-state index contributed by atoms with van der Waals surface area (Å²) >= 11 is 0. The van der Waals surface area contributed by atoms with Gasteiger partial charge >= 0.3 is 0 Å². The molecule has 0 amide bonds. The fraction of sp³-hybridized carbons (Fsp3) is 0. The maximum absolute atomic E-state index is 9.75. The quantitative estimate of drug-likeness (QED) is 0.177. The Kier molecular flexibility index (Phi) is 5.08. The Labute approximate surface area is 300 Å². The zero-order chi connectivity index (χ0) is 39.1. The standard InChI is InChI=1S/C48H32N2/c1-4-14-33(15-5-1)37-24-27-41-43-31-36(26-29-47(43)50(48(41)32-37)44-22-12-10-20-39(44)34-16-6-2-7-17-34)35-25-28-46-42(30-35)40-21-11-13-23-45(40)49(46)38-18-8-3-9-19-38/h1-32H/i11D,13D,21D,23D,25D,28D,30D. The van der Waals surface area contributed by atoms with Gasteiger partial charge in [0.15, 0.2) is 0 Å². The molecule has 2 nitrogen and oxygen atoms in total. The summed E-state index contributed by atoms with van der Waals surface area (Å²) < 4.78 is 67.6. The lowest BCUT2D eigenvalue weighted by Crippen LogP contribution is -1.97. The first-order valence-corrected chi connectivity index (χ1v) is 16.6. The van der Waals surface area contributed by atoms with Crippen LogP contribution in [0.25, 0.3) is 88.4 Å². The topological polar surface area (TPSA) is 9.86 Å². The number of fused-ring (bicyclic) bond motifs is 6.